The second kappa shape index (κ2) is 6.94. The molecule has 2 aromatic heterocycles. The van der Waals surface area contributed by atoms with Gasteiger partial charge in [0.05, 0.1) is 5.56 Å². The molecule has 3 heterocycles. The largest absolute Gasteiger partial charge is 0.422 e. The smallest absolute Gasteiger partial charge is 0.347 e. The third kappa shape index (κ3) is 3.06. The zero-order chi connectivity index (χ0) is 20.9. The van der Waals surface area contributed by atoms with Crippen LogP contribution in [0.5, 0.6) is 5.75 Å². The Morgan fingerprint density at radius 2 is 1.52 bits per heavy atom. The molecule has 5 aromatic rings. The number of hydrogen-bond donors (Lipinski definition) is 0. The number of ether oxygens (including phenoxy) is 1. The predicted molar refractivity (Wildman–Crippen MR) is 123 cm³/mol. The molecule has 1 aliphatic rings. The van der Waals surface area contributed by atoms with E-state index in [1.54, 1.807) is 12.1 Å². The van der Waals surface area contributed by atoms with Crippen molar-refractivity contribution in [2.45, 2.75) is 0 Å². The number of thiazole rings is 2. The van der Waals surface area contributed by atoms with Gasteiger partial charge in [-0.25, -0.2) is 14.8 Å². The van der Waals surface area contributed by atoms with Gasteiger partial charge in [-0.1, -0.05) is 77.3 Å². The van der Waals surface area contributed by atoms with Crippen molar-refractivity contribution in [1.82, 2.24) is 9.97 Å². The third-order valence-corrected chi connectivity index (χ3v) is 7.06. The molecule has 3 aromatic carbocycles. The molecule has 0 saturated heterocycles. The average Bonchev–Trinajstić information content (AvgIpc) is 3.35. The van der Waals surface area contributed by atoms with Crippen LogP contribution < -0.4 is 4.74 Å². The molecular weight excluding hydrogens is 428 g/mol. The maximum atomic E-state index is 13.1. The van der Waals surface area contributed by atoms with Crippen molar-refractivity contribution in [2.75, 3.05) is 0 Å². The molecule has 1 aliphatic heterocycles. The highest BCUT2D eigenvalue weighted by atomic mass is 32.1. The summed E-state index contributed by atoms with van der Waals surface area (Å²) in [6.45, 7) is 0. The SMILES string of the molecule is O=C1Oc2cc3ccccc3cc2C(=O)/C1=C/c1nc2sc(-c3ccccc3)nc2s1. The van der Waals surface area contributed by atoms with Crippen LogP contribution in [-0.2, 0) is 4.79 Å². The number of esters is 1. The van der Waals surface area contributed by atoms with Gasteiger partial charge >= 0.3 is 5.97 Å². The minimum absolute atomic E-state index is 0.0209. The molecule has 0 amide bonds. The molecule has 0 bridgehead atoms. The molecule has 31 heavy (non-hydrogen) atoms. The molecule has 0 radical (unpaired) electrons. The number of Topliss-reactive ketones (excluding diaryl/α,β-unsaturated/α-hetero) is 1. The van der Waals surface area contributed by atoms with E-state index in [1.165, 1.54) is 28.7 Å². The van der Waals surface area contributed by atoms with Crippen LogP contribution >= 0.6 is 22.7 Å². The molecule has 6 rings (SSSR count). The van der Waals surface area contributed by atoms with E-state index in [0.29, 0.717) is 16.3 Å². The van der Waals surface area contributed by atoms with E-state index in [1.807, 2.05) is 54.6 Å². The minimum atomic E-state index is -0.663. The summed E-state index contributed by atoms with van der Waals surface area (Å²) in [5.74, 6) is -0.724. The van der Waals surface area contributed by atoms with E-state index in [2.05, 4.69) is 9.97 Å². The van der Waals surface area contributed by atoms with Gasteiger partial charge < -0.3 is 4.74 Å². The van der Waals surface area contributed by atoms with Gasteiger partial charge in [0.1, 0.15) is 21.3 Å². The maximum absolute atomic E-state index is 13.1. The highest BCUT2D eigenvalue weighted by molar-refractivity contribution is 7.28. The van der Waals surface area contributed by atoms with Crippen molar-refractivity contribution in [2.24, 2.45) is 0 Å². The zero-order valence-electron chi connectivity index (χ0n) is 15.9. The Labute approximate surface area is 184 Å². The summed E-state index contributed by atoms with van der Waals surface area (Å²) < 4.78 is 5.46. The van der Waals surface area contributed by atoms with Crippen LogP contribution in [0.3, 0.4) is 0 Å². The van der Waals surface area contributed by atoms with Crippen LogP contribution in [0.1, 0.15) is 15.4 Å². The number of nitrogens with zero attached hydrogens (tertiary/aromatic N) is 2. The third-order valence-electron chi connectivity index (χ3n) is 5.04. The molecule has 0 N–H and O–H groups in total. The predicted octanol–water partition coefficient (Wildman–Crippen LogP) is 5.76. The first-order valence-electron chi connectivity index (χ1n) is 9.50. The first-order valence-corrected chi connectivity index (χ1v) is 11.1. The number of aromatic nitrogens is 2. The van der Waals surface area contributed by atoms with Crippen molar-refractivity contribution in [3.63, 3.8) is 0 Å². The van der Waals surface area contributed by atoms with Crippen LogP contribution in [-0.4, -0.2) is 21.7 Å². The van der Waals surface area contributed by atoms with Crippen molar-refractivity contribution in [3.8, 4) is 16.3 Å². The van der Waals surface area contributed by atoms with Gasteiger partial charge in [0.25, 0.3) is 0 Å². The summed E-state index contributed by atoms with van der Waals surface area (Å²) in [5, 5.41) is 3.27. The van der Waals surface area contributed by atoms with Gasteiger partial charge in [0.2, 0.25) is 5.78 Å². The first-order chi connectivity index (χ1) is 15.2. The fourth-order valence-electron chi connectivity index (χ4n) is 3.54. The summed E-state index contributed by atoms with van der Waals surface area (Å²) in [7, 11) is 0. The number of carbonyl (C=O) groups is 2. The lowest BCUT2D eigenvalue weighted by molar-refractivity contribution is -0.130. The highest BCUT2D eigenvalue weighted by Crippen LogP contribution is 2.36. The van der Waals surface area contributed by atoms with Gasteiger partial charge in [0.15, 0.2) is 9.66 Å². The van der Waals surface area contributed by atoms with E-state index < -0.39 is 5.97 Å². The number of rotatable bonds is 2. The highest BCUT2D eigenvalue weighted by Gasteiger charge is 2.31. The molecule has 5 nitrogen and oxygen atoms in total. The van der Waals surface area contributed by atoms with Gasteiger partial charge in [-0.05, 0) is 29.0 Å². The second-order valence-corrected chi connectivity index (χ2v) is 9.01. The van der Waals surface area contributed by atoms with Crippen LogP contribution in [0, 0.1) is 0 Å². The Morgan fingerprint density at radius 1 is 0.806 bits per heavy atom. The lowest BCUT2D eigenvalue weighted by Crippen LogP contribution is -2.25. The molecule has 0 aliphatic carbocycles. The molecular formula is C24H12N2O3S2. The van der Waals surface area contributed by atoms with Crippen molar-refractivity contribution in [3.05, 3.63) is 82.9 Å². The topological polar surface area (TPSA) is 69.2 Å². The molecule has 0 saturated carbocycles. The number of ketones is 1. The van der Waals surface area contributed by atoms with E-state index in [-0.39, 0.29) is 11.4 Å². The van der Waals surface area contributed by atoms with Crippen LogP contribution in [0.4, 0.5) is 0 Å². The van der Waals surface area contributed by atoms with Crippen LogP contribution in [0.25, 0.3) is 37.1 Å². The number of benzene rings is 3. The van der Waals surface area contributed by atoms with Gasteiger partial charge in [-0.2, -0.15) is 0 Å². The zero-order valence-corrected chi connectivity index (χ0v) is 17.5. The van der Waals surface area contributed by atoms with Crippen LogP contribution in [0.15, 0.2) is 72.3 Å². The quantitative estimate of drug-likeness (QED) is 0.151. The Morgan fingerprint density at radius 3 is 2.29 bits per heavy atom. The summed E-state index contributed by atoms with van der Waals surface area (Å²) in [6.07, 6.45) is 1.50. The summed E-state index contributed by atoms with van der Waals surface area (Å²) in [6, 6.07) is 21.0. The van der Waals surface area contributed by atoms with Gasteiger partial charge in [-0.15, -0.1) is 0 Å². The Balaban J connectivity index is 1.38. The first kappa shape index (κ1) is 18.1. The second-order valence-electron chi connectivity index (χ2n) is 7.02. The van der Waals surface area contributed by atoms with E-state index >= 15 is 0 Å². The number of fused-ring (bicyclic) bond motifs is 3. The van der Waals surface area contributed by atoms with Crippen molar-refractivity contribution < 1.29 is 14.3 Å². The Hall–Kier alpha value is -3.68. The standard InChI is InChI=1S/C24H12N2O3S2/c27-20-16-10-14-8-4-5-9-15(14)11-18(16)29-24(28)17(20)12-19-25-22-23(30-19)26-21(31-22)13-6-2-1-3-7-13/h1-12H/b17-12-. The molecule has 0 spiro atoms. The minimum Gasteiger partial charge on any atom is -0.422 e. The fourth-order valence-corrected chi connectivity index (χ4v) is 5.54. The summed E-state index contributed by atoms with van der Waals surface area (Å²) >= 11 is 2.83. The lowest BCUT2D eigenvalue weighted by Gasteiger charge is -2.17. The van der Waals surface area contributed by atoms with Crippen molar-refractivity contribution in [1.29, 1.82) is 0 Å². The van der Waals surface area contributed by atoms with E-state index in [9.17, 15) is 9.59 Å². The number of hydrogen-bond acceptors (Lipinski definition) is 7. The summed E-state index contributed by atoms with van der Waals surface area (Å²) in [4.78, 5) is 36.4. The fraction of sp³-hybridized carbons (Fsp3) is 0. The monoisotopic (exact) mass is 440 g/mol. The normalized spacial score (nSPS) is 14.9. The Bertz CT molecular complexity index is 1520. The Kier molecular flexibility index (Phi) is 4.05. The molecule has 0 fully saturated rings. The van der Waals surface area contributed by atoms with Gasteiger partial charge in [0, 0.05) is 5.56 Å². The summed E-state index contributed by atoms with van der Waals surface area (Å²) in [5.41, 5.74) is 1.40. The molecule has 7 heteroatoms. The average molecular weight is 441 g/mol. The van der Waals surface area contributed by atoms with Crippen LogP contribution in [0.2, 0.25) is 0 Å². The van der Waals surface area contributed by atoms with Gasteiger partial charge in [-0.3, -0.25) is 4.79 Å². The maximum Gasteiger partial charge on any atom is 0.347 e. The van der Waals surface area contributed by atoms with E-state index in [4.69, 9.17) is 4.74 Å². The lowest BCUT2D eigenvalue weighted by atomic mass is 9.96. The number of carbonyl (C=O) groups excluding carboxylic acids is 2. The molecule has 0 atom stereocenters. The van der Waals surface area contributed by atoms with Crippen molar-refractivity contribution >= 4 is 60.9 Å². The van der Waals surface area contributed by atoms with E-state index in [0.717, 1.165) is 31.0 Å². The molecule has 148 valence electrons. The molecule has 0 unspecified atom stereocenters.